The first-order chi connectivity index (χ1) is 7.84. The smallest absolute Gasteiger partial charge is 0.144 e. The molecule has 0 saturated carbocycles. The van der Waals surface area contributed by atoms with Crippen LogP contribution in [-0.2, 0) is 0 Å². The largest absolute Gasteiger partial charge is 0.300 e. The summed E-state index contributed by atoms with van der Waals surface area (Å²) in [5.74, 6) is 0.996. The molecule has 1 aromatic carbocycles. The molecule has 0 unspecified atom stereocenters. The number of aromatic nitrogens is 2. The Balaban J connectivity index is 2.22. The van der Waals surface area contributed by atoms with Crippen LogP contribution >= 0.6 is 0 Å². The van der Waals surface area contributed by atoms with Crippen molar-refractivity contribution in [3.8, 4) is 11.4 Å². The summed E-state index contributed by atoms with van der Waals surface area (Å²) < 4.78 is 2.10. The van der Waals surface area contributed by atoms with E-state index in [-0.39, 0.29) is 0 Å². The van der Waals surface area contributed by atoms with E-state index in [1.165, 1.54) is 5.56 Å². The van der Waals surface area contributed by atoms with Crippen molar-refractivity contribution in [1.29, 1.82) is 0 Å². The number of benzene rings is 1. The van der Waals surface area contributed by atoms with Crippen LogP contribution in [0.5, 0.6) is 0 Å². The van der Waals surface area contributed by atoms with Crippen molar-refractivity contribution in [2.75, 3.05) is 0 Å². The van der Waals surface area contributed by atoms with Gasteiger partial charge in [0.2, 0.25) is 0 Å². The van der Waals surface area contributed by atoms with Crippen molar-refractivity contribution in [1.82, 2.24) is 9.38 Å². The molecular weight excluding hydrogens is 196 g/mol. The van der Waals surface area contributed by atoms with E-state index in [4.69, 9.17) is 0 Å². The maximum Gasteiger partial charge on any atom is 0.144 e. The number of aryl methyl sites for hydroxylation is 1. The molecule has 0 radical (unpaired) electrons. The molecule has 3 rings (SSSR count). The minimum Gasteiger partial charge on any atom is -0.300 e. The zero-order valence-electron chi connectivity index (χ0n) is 9.09. The van der Waals surface area contributed by atoms with Gasteiger partial charge in [0.1, 0.15) is 5.82 Å². The fourth-order valence-electron chi connectivity index (χ4n) is 1.86. The minimum absolute atomic E-state index is 0.996. The number of rotatable bonds is 1. The van der Waals surface area contributed by atoms with Gasteiger partial charge >= 0.3 is 0 Å². The van der Waals surface area contributed by atoms with Crippen LogP contribution in [0, 0.1) is 6.92 Å². The standard InChI is InChI=1S/C14H12N2/c1-11-5-7-12(8-6-11)14-15-10-13-4-2-3-9-16(13)14/h2-10H,1H3. The summed E-state index contributed by atoms with van der Waals surface area (Å²) in [6.07, 6.45) is 3.94. The molecule has 2 nitrogen and oxygen atoms in total. The molecule has 2 heterocycles. The summed E-state index contributed by atoms with van der Waals surface area (Å²) >= 11 is 0. The Morgan fingerprint density at radius 1 is 1.00 bits per heavy atom. The van der Waals surface area contributed by atoms with Gasteiger partial charge in [-0.1, -0.05) is 35.9 Å². The average molecular weight is 208 g/mol. The molecule has 0 aliphatic rings. The van der Waals surface area contributed by atoms with Crippen LogP contribution in [0.1, 0.15) is 5.56 Å². The van der Waals surface area contributed by atoms with E-state index >= 15 is 0 Å². The predicted molar refractivity (Wildman–Crippen MR) is 65.4 cm³/mol. The molecule has 78 valence electrons. The van der Waals surface area contributed by atoms with E-state index in [0.717, 1.165) is 16.9 Å². The number of fused-ring (bicyclic) bond motifs is 1. The van der Waals surface area contributed by atoms with Crippen LogP contribution in [0.25, 0.3) is 16.9 Å². The van der Waals surface area contributed by atoms with Crippen LogP contribution in [0.15, 0.2) is 54.9 Å². The van der Waals surface area contributed by atoms with Gasteiger partial charge in [-0.3, -0.25) is 4.40 Å². The highest BCUT2D eigenvalue weighted by Gasteiger charge is 2.04. The second-order valence-corrected chi connectivity index (χ2v) is 3.94. The molecule has 0 amide bonds. The van der Waals surface area contributed by atoms with E-state index in [0.29, 0.717) is 0 Å². The number of imidazole rings is 1. The highest BCUT2D eigenvalue weighted by Crippen LogP contribution is 2.19. The molecule has 0 aliphatic carbocycles. The number of hydrogen-bond donors (Lipinski definition) is 0. The lowest BCUT2D eigenvalue weighted by Crippen LogP contribution is -1.88. The fraction of sp³-hybridized carbons (Fsp3) is 0.0714. The van der Waals surface area contributed by atoms with Gasteiger partial charge in [-0.15, -0.1) is 0 Å². The second-order valence-electron chi connectivity index (χ2n) is 3.94. The van der Waals surface area contributed by atoms with E-state index in [2.05, 4.69) is 46.6 Å². The first-order valence-corrected chi connectivity index (χ1v) is 5.34. The zero-order chi connectivity index (χ0) is 11.0. The van der Waals surface area contributed by atoms with Crippen LogP contribution in [0.2, 0.25) is 0 Å². The highest BCUT2D eigenvalue weighted by atomic mass is 15.0. The number of nitrogens with zero attached hydrogens (tertiary/aromatic N) is 2. The molecule has 0 aliphatic heterocycles. The van der Waals surface area contributed by atoms with Crippen LogP contribution < -0.4 is 0 Å². The van der Waals surface area contributed by atoms with Gasteiger partial charge in [0.25, 0.3) is 0 Å². The molecule has 0 spiro atoms. The first kappa shape index (κ1) is 9.16. The van der Waals surface area contributed by atoms with Gasteiger partial charge in [-0.25, -0.2) is 4.98 Å². The Morgan fingerprint density at radius 2 is 1.81 bits per heavy atom. The Morgan fingerprint density at radius 3 is 2.62 bits per heavy atom. The van der Waals surface area contributed by atoms with Gasteiger partial charge in [-0.05, 0) is 19.1 Å². The second kappa shape index (κ2) is 3.49. The quantitative estimate of drug-likeness (QED) is 0.599. The lowest BCUT2D eigenvalue weighted by Gasteiger charge is -2.01. The average Bonchev–Trinajstić information content (AvgIpc) is 2.74. The summed E-state index contributed by atoms with van der Waals surface area (Å²) in [5, 5.41) is 0. The molecule has 2 aromatic heterocycles. The molecule has 0 atom stereocenters. The normalized spacial score (nSPS) is 10.8. The van der Waals surface area contributed by atoms with Crippen molar-refractivity contribution in [2.45, 2.75) is 6.92 Å². The summed E-state index contributed by atoms with van der Waals surface area (Å²) in [4.78, 5) is 4.46. The van der Waals surface area contributed by atoms with Crippen molar-refractivity contribution >= 4 is 5.52 Å². The van der Waals surface area contributed by atoms with Gasteiger partial charge in [-0.2, -0.15) is 0 Å². The monoisotopic (exact) mass is 208 g/mol. The third-order valence-electron chi connectivity index (χ3n) is 2.75. The van der Waals surface area contributed by atoms with Crippen molar-refractivity contribution in [3.05, 3.63) is 60.4 Å². The third kappa shape index (κ3) is 1.39. The van der Waals surface area contributed by atoms with Gasteiger partial charge in [0, 0.05) is 11.8 Å². The van der Waals surface area contributed by atoms with Crippen LogP contribution in [0.3, 0.4) is 0 Å². The van der Waals surface area contributed by atoms with Crippen molar-refractivity contribution in [2.24, 2.45) is 0 Å². The SMILES string of the molecule is Cc1ccc(-c2ncc3ccccn23)cc1. The van der Waals surface area contributed by atoms with Gasteiger partial charge in [0.15, 0.2) is 0 Å². The maximum absolute atomic E-state index is 4.46. The maximum atomic E-state index is 4.46. The molecule has 16 heavy (non-hydrogen) atoms. The summed E-state index contributed by atoms with van der Waals surface area (Å²) in [6, 6.07) is 14.5. The van der Waals surface area contributed by atoms with E-state index in [1.54, 1.807) is 0 Å². The Kier molecular flexibility index (Phi) is 2.00. The van der Waals surface area contributed by atoms with E-state index in [1.807, 2.05) is 24.5 Å². The number of pyridine rings is 1. The van der Waals surface area contributed by atoms with E-state index in [9.17, 15) is 0 Å². The lowest BCUT2D eigenvalue weighted by molar-refractivity contribution is 1.16. The van der Waals surface area contributed by atoms with Crippen LogP contribution in [0.4, 0.5) is 0 Å². The highest BCUT2D eigenvalue weighted by molar-refractivity contribution is 5.62. The summed E-state index contributed by atoms with van der Waals surface area (Å²) in [6.45, 7) is 2.09. The fourth-order valence-corrected chi connectivity index (χ4v) is 1.86. The van der Waals surface area contributed by atoms with E-state index < -0.39 is 0 Å². The summed E-state index contributed by atoms with van der Waals surface area (Å²) in [7, 11) is 0. The minimum atomic E-state index is 0.996. The molecule has 0 fully saturated rings. The number of hydrogen-bond acceptors (Lipinski definition) is 1. The first-order valence-electron chi connectivity index (χ1n) is 5.34. The molecule has 0 N–H and O–H groups in total. The Hall–Kier alpha value is -2.09. The molecule has 3 aromatic rings. The third-order valence-corrected chi connectivity index (χ3v) is 2.75. The Bertz CT molecular complexity index is 621. The molecular formula is C14H12N2. The topological polar surface area (TPSA) is 17.3 Å². The summed E-state index contributed by atoms with van der Waals surface area (Å²) in [5.41, 5.74) is 3.54. The zero-order valence-corrected chi connectivity index (χ0v) is 9.09. The Labute approximate surface area is 94.2 Å². The molecule has 2 heteroatoms. The predicted octanol–water partition coefficient (Wildman–Crippen LogP) is 3.31. The van der Waals surface area contributed by atoms with Crippen LogP contribution in [-0.4, -0.2) is 9.38 Å². The van der Waals surface area contributed by atoms with Crippen molar-refractivity contribution in [3.63, 3.8) is 0 Å². The molecule has 0 saturated heterocycles. The van der Waals surface area contributed by atoms with Gasteiger partial charge < -0.3 is 0 Å². The lowest BCUT2D eigenvalue weighted by atomic mass is 10.1. The molecule has 0 bridgehead atoms. The van der Waals surface area contributed by atoms with Crippen molar-refractivity contribution < 1.29 is 0 Å². The van der Waals surface area contributed by atoms with Gasteiger partial charge in [0.05, 0.1) is 11.7 Å².